The summed E-state index contributed by atoms with van der Waals surface area (Å²) in [4.78, 5) is 11.7. The molecule has 0 aliphatic heterocycles. The Kier molecular flexibility index (Phi) is 4.76. The summed E-state index contributed by atoms with van der Waals surface area (Å²) in [7, 11) is 3.08. The first-order chi connectivity index (χ1) is 7.63. The van der Waals surface area contributed by atoms with Gasteiger partial charge in [0.1, 0.15) is 16.0 Å². The Morgan fingerprint density at radius 2 is 1.81 bits per heavy atom. The van der Waals surface area contributed by atoms with Crippen molar-refractivity contribution < 1.29 is 14.3 Å². The maximum absolute atomic E-state index is 11.7. The molecule has 5 heteroatoms. The molecule has 88 valence electrons. The molecule has 0 radical (unpaired) electrons. The number of nitrogens with two attached hydrogens (primary N) is 1. The molecule has 4 nitrogen and oxygen atoms in total. The van der Waals surface area contributed by atoms with Gasteiger partial charge in [-0.15, -0.1) is 0 Å². The van der Waals surface area contributed by atoms with E-state index in [1.807, 2.05) is 0 Å². The van der Waals surface area contributed by atoms with Crippen molar-refractivity contribution in [2.24, 2.45) is 5.73 Å². The number of rotatable bonds is 5. The highest BCUT2D eigenvalue weighted by Gasteiger charge is 2.13. The first kappa shape index (κ1) is 13.0. The van der Waals surface area contributed by atoms with Crippen molar-refractivity contribution in [1.82, 2.24) is 0 Å². The summed E-state index contributed by atoms with van der Waals surface area (Å²) in [6.07, 6.45) is 0.313. The maximum Gasteiger partial charge on any atom is 0.164 e. The van der Waals surface area contributed by atoms with Crippen molar-refractivity contribution in [2.75, 3.05) is 20.8 Å². The van der Waals surface area contributed by atoms with Crippen molar-refractivity contribution in [3.63, 3.8) is 0 Å². The summed E-state index contributed by atoms with van der Waals surface area (Å²) >= 11 is 3.34. The number of hydrogen-bond donors (Lipinski definition) is 1. The molecule has 1 aromatic rings. The van der Waals surface area contributed by atoms with E-state index < -0.39 is 0 Å². The highest BCUT2D eigenvalue weighted by atomic mass is 79.9. The summed E-state index contributed by atoms with van der Waals surface area (Å²) in [5, 5.41) is 0. The average Bonchev–Trinajstić information content (AvgIpc) is 2.29. The topological polar surface area (TPSA) is 61.5 Å². The Morgan fingerprint density at radius 1 is 1.31 bits per heavy atom. The summed E-state index contributed by atoms with van der Waals surface area (Å²) in [5.41, 5.74) is 5.89. The van der Waals surface area contributed by atoms with Gasteiger partial charge >= 0.3 is 0 Å². The van der Waals surface area contributed by atoms with Crippen molar-refractivity contribution >= 4 is 21.7 Å². The van der Waals surface area contributed by atoms with E-state index in [2.05, 4.69) is 15.9 Å². The van der Waals surface area contributed by atoms with Crippen LogP contribution in [0.15, 0.2) is 16.6 Å². The second kappa shape index (κ2) is 5.86. The van der Waals surface area contributed by atoms with E-state index in [0.717, 1.165) is 0 Å². The number of hydrogen-bond acceptors (Lipinski definition) is 4. The molecule has 0 aliphatic rings. The average molecular weight is 288 g/mol. The van der Waals surface area contributed by atoms with Crippen LogP contribution in [-0.2, 0) is 0 Å². The molecule has 0 saturated heterocycles. The van der Waals surface area contributed by atoms with E-state index in [4.69, 9.17) is 15.2 Å². The number of methoxy groups -OCH3 is 2. The largest absolute Gasteiger partial charge is 0.495 e. The number of carbonyl (C=O) groups excluding carboxylic acids is 1. The van der Waals surface area contributed by atoms with Gasteiger partial charge in [-0.05, 0) is 34.6 Å². The lowest BCUT2D eigenvalue weighted by Gasteiger charge is -2.10. The molecule has 1 aromatic carbocycles. The third-order valence-electron chi connectivity index (χ3n) is 2.14. The first-order valence-corrected chi connectivity index (χ1v) is 5.58. The second-order valence-electron chi connectivity index (χ2n) is 3.16. The van der Waals surface area contributed by atoms with Crippen LogP contribution in [0.3, 0.4) is 0 Å². The van der Waals surface area contributed by atoms with Gasteiger partial charge in [-0.2, -0.15) is 0 Å². The van der Waals surface area contributed by atoms with Crippen LogP contribution in [0.2, 0.25) is 0 Å². The van der Waals surface area contributed by atoms with Crippen LogP contribution in [0.5, 0.6) is 11.5 Å². The van der Waals surface area contributed by atoms with Gasteiger partial charge in [0.05, 0.1) is 14.2 Å². The highest BCUT2D eigenvalue weighted by molar-refractivity contribution is 9.10. The van der Waals surface area contributed by atoms with Gasteiger partial charge in [0, 0.05) is 12.0 Å². The van der Waals surface area contributed by atoms with Gasteiger partial charge in [-0.3, -0.25) is 4.79 Å². The SMILES string of the molecule is COc1cc(C(=O)CCN)cc(OC)c1Br. The molecule has 0 atom stereocenters. The lowest BCUT2D eigenvalue weighted by molar-refractivity contribution is 0.0984. The zero-order chi connectivity index (χ0) is 12.1. The van der Waals surface area contributed by atoms with Crippen LogP contribution in [0.1, 0.15) is 16.8 Å². The van der Waals surface area contributed by atoms with Crippen molar-refractivity contribution in [1.29, 1.82) is 0 Å². The third-order valence-corrected chi connectivity index (χ3v) is 2.92. The first-order valence-electron chi connectivity index (χ1n) is 4.78. The molecule has 16 heavy (non-hydrogen) atoms. The van der Waals surface area contributed by atoms with E-state index >= 15 is 0 Å². The van der Waals surface area contributed by atoms with Crippen LogP contribution < -0.4 is 15.2 Å². The molecule has 0 spiro atoms. The summed E-state index contributed by atoms with van der Waals surface area (Å²) in [5.74, 6) is 1.12. The van der Waals surface area contributed by atoms with E-state index in [1.54, 1.807) is 12.1 Å². The number of benzene rings is 1. The van der Waals surface area contributed by atoms with Gasteiger partial charge < -0.3 is 15.2 Å². The summed E-state index contributed by atoms with van der Waals surface area (Å²) in [6.45, 7) is 0.333. The lowest BCUT2D eigenvalue weighted by Crippen LogP contribution is -2.08. The minimum Gasteiger partial charge on any atom is -0.495 e. The minimum absolute atomic E-state index is 0.0217. The highest BCUT2D eigenvalue weighted by Crippen LogP contribution is 2.35. The third kappa shape index (κ3) is 2.74. The molecule has 0 saturated carbocycles. The van der Waals surface area contributed by atoms with Gasteiger partial charge in [-0.25, -0.2) is 0 Å². The molecule has 0 bridgehead atoms. The Hall–Kier alpha value is -1.07. The molecule has 0 aromatic heterocycles. The number of ether oxygens (including phenoxy) is 2. The standard InChI is InChI=1S/C11H14BrNO3/c1-15-9-5-7(8(14)3-4-13)6-10(16-2)11(9)12/h5-6H,3-4,13H2,1-2H3. The van der Waals surface area contributed by atoms with Crippen LogP contribution in [-0.4, -0.2) is 26.5 Å². The quantitative estimate of drug-likeness (QED) is 0.842. The Bertz CT molecular complexity index is 368. The number of ketones is 1. The van der Waals surface area contributed by atoms with Gasteiger partial charge in [0.15, 0.2) is 5.78 Å². The normalized spacial score (nSPS) is 10.0. The van der Waals surface area contributed by atoms with E-state index in [9.17, 15) is 4.79 Å². The molecule has 0 heterocycles. The molecule has 0 fully saturated rings. The van der Waals surface area contributed by atoms with Crippen LogP contribution >= 0.6 is 15.9 Å². The number of halogens is 1. The monoisotopic (exact) mass is 287 g/mol. The lowest BCUT2D eigenvalue weighted by atomic mass is 10.1. The Balaban J connectivity index is 3.16. The Morgan fingerprint density at radius 3 is 2.19 bits per heavy atom. The van der Waals surface area contributed by atoms with E-state index in [1.165, 1.54) is 14.2 Å². The number of Topliss-reactive ketones (excluding diaryl/α,β-unsaturated/α-hetero) is 1. The zero-order valence-corrected chi connectivity index (χ0v) is 10.8. The molecule has 0 aliphatic carbocycles. The summed E-state index contributed by atoms with van der Waals surface area (Å²) < 4.78 is 11.0. The minimum atomic E-state index is -0.0217. The maximum atomic E-state index is 11.7. The fourth-order valence-corrected chi connectivity index (χ4v) is 1.86. The van der Waals surface area contributed by atoms with E-state index in [-0.39, 0.29) is 5.78 Å². The molecule has 1 rings (SSSR count). The van der Waals surface area contributed by atoms with Crippen molar-refractivity contribution in [3.8, 4) is 11.5 Å². The molecule has 2 N–H and O–H groups in total. The van der Waals surface area contributed by atoms with Gasteiger partial charge in [0.25, 0.3) is 0 Å². The fraction of sp³-hybridized carbons (Fsp3) is 0.364. The van der Waals surface area contributed by atoms with Crippen molar-refractivity contribution in [3.05, 3.63) is 22.2 Å². The number of carbonyl (C=O) groups is 1. The van der Waals surface area contributed by atoms with Gasteiger partial charge in [-0.1, -0.05) is 0 Å². The van der Waals surface area contributed by atoms with Crippen LogP contribution in [0.25, 0.3) is 0 Å². The van der Waals surface area contributed by atoms with Crippen molar-refractivity contribution in [2.45, 2.75) is 6.42 Å². The predicted molar refractivity (Wildman–Crippen MR) is 65.2 cm³/mol. The molecular weight excluding hydrogens is 274 g/mol. The molecule has 0 amide bonds. The van der Waals surface area contributed by atoms with Crippen LogP contribution in [0.4, 0.5) is 0 Å². The van der Waals surface area contributed by atoms with Crippen LogP contribution in [0, 0.1) is 0 Å². The predicted octanol–water partition coefficient (Wildman–Crippen LogP) is 2.00. The van der Waals surface area contributed by atoms with E-state index in [0.29, 0.717) is 34.5 Å². The summed E-state index contributed by atoms with van der Waals surface area (Å²) in [6, 6.07) is 3.34. The molecular formula is C11H14BrNO3. The second-order valence-corrected chi connectivity index (χ2v) is 3.95. The molecule has 0 unspecified atom stereocenters. The Labute approximate surface area is 103 Å². The smallest absolute Gasteiger partial charge is 0.164 e. The fourth-order valence-electron chi connectivity index (χ4n) is 1.31. The van der Waals surface area contributed by atoms with Gasteiger partial charge in [0.2, 0.25) is 0 Å². The zero-order valence-electron chi connectivity index (χ0n) is 9.25.